The standard InChI is InChI=1S/C10H11IN6O3/c1-15-6-8(11)9(14-15)10(18)12-2-3-16-5-7(4-13-16)17(19)20/h4-6H,2-3H2,1H3,(H,12,18). The lowest BCUT2D eigenvalue weighted by Gasteiger charge is -2.03. The number of carbonyl (C=O) groups is 1. The van der Waals surface area contributed by atoms with Crippen molar-refractivity contribution in [1.82, 2.24) is 24.9 Å². The third-order valence-corrected chi connectivity index (χ3v) is 3.25. The van der Waals surface area contributed by atoms with E-state index in [2.05, 4.69) is 15.5 Å². The van der Waals surface area contributed by atoms with Crippen molar-refractivity contribution in [2.45, 2.75) is 6.54 Å². The first-order chi connectivity index (χ1) is 9.47. The summed E-state index contributed by atoms with van der Waals surface area (Å²) >= 11 is 2.03. The normalized spacial score (nSPS) is 10.5. The third kappa shape index (κ3) is 3.31. The predicted octanol–water partition coefficient (Wildman–Crippen LogP) is 0.559. The van der Waals surface area contributed by atoms with Gasteiger partial charge in [-0.2, -0.15) is 10.2 Å². The highest BCUT2D eigenvalue weighted by atomic mass is 127. The Hall–Kier alpha value is -1.98. The first kappa shape index (κ1) is 14.4. The van der Waals surface area contributed by atoms with Crippen LogP contribution in [0.4, 0.5) is 5.69 Å². The molecule has 0 aromatic carbocycles. The second-order valence-electron chi connectivity index (χ2n) is 3.97. The number of hydrogen-bond donors (Lipinski definition) is 1. The van der Waals surface area contributed by atoms with Gasteiger partial charge in [0.2, 0.25) is 0 Å². The van der Waals surface area contributed by atoms with E-state index in [0.29, 0.717) is 18.8 Å². The monoisotopic (exact) mass is 390 g/mol. The van der Waals surface area contributed by atoms with E-state index >= 15 is 0 Å². The number of nitrogens with one attached hydrogen (secondary N) is 1. The molecule has 2 rings (SSSR count). The fraction of sp³-hybridized carbons (Fsp3) is 0.300. The topological polar surface area (TPSA) is 108 Å². The van der Waals surface area contributed by atoms with Gasteiger partial charge in [0, 0.05) is 19.8 Å². The number of hydrogen-bond acceptors (Lipinski definition) is 5. The van der Waals surface area contributed by atoms with Crippen LogP contribution in [0.25, 0.3) is 0 Å². The Morgan fingerprint density at radius 1 is 1.55 bits per heavy atom. The summed E-state index contributed by atoms with van der Waals surface area (Å²) in [6.07, 6.45) is 4.23. The van der Waals surface area contributed by atoms with Crippen molar-refractivity contribution >= 4 is 34.2 Å². The van der Waals surface area contributed by atoms with Crippen LogP contribution in [-0.4, -0.2) is 36.9 Å². The highest BCUT2D eigenvalue weighted by Crippen LogP contribution is 2.09. The molecule has 106 valence electrons. The highest BCUT2D eigenvalue weighted by molar-refractivity contribution is 14.1. The summed E-state index contributed by atoms with van der Waals surface area (Å²) < 4.78 is 3.73. The molecule has 1 N–H and O–H groups in total. The minimum atomic E-state index is -0.516. The second-order valence-corrected chi connectivity index (χ2v) is 5.14. The number of halogens is 1. The zero-order valence-electron chi connectivity index (χ0n) is 10.5. The molecule has 0 fully saturated rings. The quantitative estimate of drug-likeness (QED) is 0.456. The van der Waals surface area contributed by atoms with Crippen LogP contribution in [0.3, 0.4) is 0 Å². The molecule has 2 heterocycles. The average Bonchev–Trinajstić information content (AvgIpc) is 2.96. The zero-order valence-corrected chi connectivity index (χ0v) is 12.6. The maximum absolute atomic E-state index is 11.9. The molecule has 0 atom stereocenters. The molecule has 0 spiro atoms. The fourth-order valence-electron chi connectivity index (χ4n) is 1.55. The average molecular weight is 390 g/mol. The molecule has 2 aromatic rings. The molecule has 0 saturated carbocycles. The Labute approximate surface area is 127 Å². The van der Waals surface area contributed by atoms with Crippen molar-refractivity contribution in [2.75, 3.05) is 6.54 Å². The molecule has 10 heteroatoms. The van der Waals surface area contributed by atoms with E-state index in [1.807, 2.05) is 22.6 Å². The van der Waals surface area contributed by atoms with Crippen molar-refractivity contribution in [3.63, 3.8) is 0 Å². The number of carbonyl (C=O) groups excluding carboxylic acids is 1. The summed E-state index contributed by atoms with van der Waals surface area (Å²) in [5, 5.41) is 21.1. The molecule has 0 aliphatic carbocycles. The van der Waals surface area contributed by atoms with Crippen LogP contribution >= 0.6 is 22.6 Å². The maximum atomic E-state index is 11.9. The van der Waals surface area contributed by atoms with Crippen LogP contribution in [0.2, 0.25) is 0 Å². The van der Waals surface area contributed by atoms with Gasteiger partial charge in [-0.25, -0.2) is 0 Å². The largest absolute Gasteiger partial charge is 0.349 e. The first-order valence-corrected chi connectivity index (χ1v) is 6.69. The van der Waals surface area contributed by atoms with Gasteiger partial charge in [0.05, 0.1) is 15.0 Å². The molecule has 9 nitrogen and oxygen atoms in total. The molecule has 0 aliphatic heterocycles. The van der Waals surface area contributed by atoms with Gasteiger partial charge in [0.15, 0.2) is 5.69 Å². The second kappa shape index (κ2) is 5.98. The Morgan fingerprint density at radius 3 is 2.85 bits per heavy atom. The van der Waals surface area contributed by atoms with Gasteiger partial charge in [-0.15, -0.1) is 0 Å². The number of nitrogens with zero attached hydrogens (tertiary/aromatic N) is 5. The lowest BCUT2D eigenvalue weighted by atomic mass is 10.4. The SMILES string of the molecule is Cn1cc(I)c(C(=O)NCCn2cc([N+](=O)[O-])cn2)n1. The molecular weight excluding hydrogens is 379 g/mol. The highest BCUT2D eigenvalue weighted by Gasteiger charge is 2.14. The van der Waals surface area contributed by atoms with Gasteiger partial charge in [0.25, 0.3) is 5.91 Å². The van der Waals surface area contributed by atoms with E-state index in [9.17, 15) is 14.9 Å². The van der Waals surface area contributed by atoms with Gasteiger partial charge in [-0.05, 0) is 22.6 Å². The maximum Gasteiger partial charge on any atom is 0.306 e. The minimum Gasteiger partial charge on any atom is -0.349 e. The summed E-state index contributed by atoms with van der Waals surface area (Å²) in [6, 6.07) is 0. The van der Waals surface area contributed by atoms with Gasteiger partial charge >= 0.3 is 5.69 Å². The summed E-state index contributed by atoms with van der Waals surface area (Å²) in [6.45, 7) is 0.660. The number of aryl methyl sites for hydroxylation is 1. The molecule has 2 aromatic heterocycles. The molecule has 0 aliphatic rings. The van der Waals surface area contributed by atoms with E-state index in [-0.39, 0.29) is 11.6 Å². The summed E-state index contributed by atoms with van der Waals surface area (Å²) in [7, 11) is 1.74. The Kier molecular flexibility index (Phi) is 4.32. The zero-order chi connectivity index (χ0) is 14.7. The van der Waals surface area contributed by atoms with E-state index in [1.165, 1.54) is 17.1 Å². The number of amides is 1. The third-order valence-electron chi connectivity index (χ3n) is 2.46. The number of nitro groups is 1. The smallest absolute Gasteiger partial charge is 0.306 e. The molecule has 20 heavy (non-hydrogen) atoms. The van der Waals surface area contributed by atoms with Crippen molar-refractivity contribution < 1.29 is 9.72 Å². The molecule has 0 saturated heterocycles. The van der Waals surface area contributed by atoms with E-state index in [4.69, 9.17) is 0 Å². The lowest BCUT2D eigenvalue weighted by molar-refractivity contribution is -0.385. The van der Waals surface area contributed by atoms with Gasteiger partial charge in [0.1, 0.15) is 12.4 Å². The molecule has 1 amide bonds. The van der Waals surface area contributed by atoms with Gasteiger partial charge in [-0.1, -0.05) is 0 Å². The van der Waals surface area contributed by atoms with Crippen molar-refractivity contribution in [3.05, 3.63) is 38.0 Å². The van der Waals surface area contributed by atoms with Crippen molar-refractivity contribution in [2.24, 2.45) is 7.05 Å². The fourth-order valence-corrected chi connectivity index (χ4v) is 2.31. The van der Waals surface area contributed by atoms with Gasteiger partial charge < -0.3 is 5.32 Å². The van der Waals surface area contributed by atoms with E-state index in [0.717, 1.165) is 3.57 Å². The van der Waals surface area contributed by atoms with E-state index in [1.54, 1.807) is 17.9 Å². The summed E-state index contributed by atoms with van der Waals surface area (Å²) in [4.78, 5) is 21.8. The van der Waals surface area contributed by atoms with Crippen LogP contribution in [0, 0.1) is 13.7 Å². The Bertz CT molecular complexity index is 649. The molecular formula is C10H11IN6O3. The van der Waals surface area contributed by atoms with Crippen molar-refractivity contribution in [1.29, 1.82) is 0 Å². The van der Waals surface area contributed by atoms with Crippen molar-refractivity contribution in [3.8, 4) is 0 Å². The van der Waals surface area contributed by atoms with Crippen LogP contribution in [-0.2, 0) is 13.6 Å². The van der Waals surface area contributed by atoms with Crippen LogP contribution in [0.5, 0.6) is 0 Å². The molecule has 0 unspecified atom stereocenters. The molecule has 0 bridgehead atoms. The van der Waals surface area contributed by atoms with Crippen LogP contribution < -0.4 is 5.32 Å². The Morgan fingerprint density at radius 2 is 2.30 bits per heavy atom. The predicted molar refractivity (Wildman–Crippen MR) is 77.1 cm³/mol. The van der Waals surface area contributed by atoms with E-state index < -0.39 is 4.92 Å². The lowest BCUT2D eigenvalue weighted by Crippen LogP contribution is -2.28. The summed E-state index contributed by atoms with van der Waals surface area (Å²) in [5.74, 6) is -0.281. The minimum absolute atomic E-state index is 0.0735. The van der Waals surface area contributed by atoms with Crippen LogP contribution in [0.15, 0.2) is 18.6 Å². The summed E-state index contributed by atoms with van der Waals surface area (Å²) in [5.41, 5.74) is 0.287. The Balaban J connectivity index is 1.87. The number of rotatable bonds is 5. The van der Waals surface area contributed by atoms with Crippen LogP contribution in [0.1, 0.15) is 10.5 Å². The molecule has 0 radical (unpaired) electrons. The first-order valence-electron chi connectivity index (χ1n) is 5.61. The van der Waals surface area contributed by atoms with Gasteiger partial charge in [-0.3, -0.25) is 24.3 Å². The number of aromatic nitrogens is 4.